The van der Waals surface area contributed by atoms with E-state index in [0.29, 0.717) is 6.04 Å². The van der Waals surface area contributed by atoms with Gasteiger partial charge in [-0.05, 0) is 53.4 Å². The van der Waals surface area contributed by atoms with Crippen LogP contribution < -0.4 is 5.32 Å². The van der Waals surface area contributed by atoms with Crippen LogP contribution in [0.2, 0.25) is 0 Å². The standard InChI is InChI=1S/C11H24N2/c1-5-6-8-12-9-7-10-13(4)11(2)3/h5,11-12H,1,6-10H2,2-4H3. The average Bonchev–Trinajstić information content (AvgIpc) is 2.10. The lowest BCUT2D eigenvalue weighted by Gasteiger charge is -2.20. The fraction of sp³-hybridized carbons (Fsp3) is 0.818. The molecule has 0 unspecified atom stereocenters. The molecule has 0 rings (SSSR count). The highest BCUT2D eigenvalue weighted by molar-refractivity contribution is 4.67. The molecule has 2 heteroatoms. The van der Waals surface area contributed by atoms with Gasteiger partial charge in [0.2, 0.25) is 0 Å². The summed E-state index contributed by atoms with van der Waals surface area (Å²) >= 11 is 0. The summed E-state index contributed by atoms with van der Waals surface area (Å²) in [5, 5.41) is 3.38. The van der Waals surface area contributed by atoms with Gasteiger partial charge in [0.25, 0.3) is 0 Å². The van der Waals surface area contributed by atoms with Crippen molar-refractivity contribution in [3.05, 3.63) is 12.7 Å². The molecule has 0 aliphatic carbocycles. The molecule has 78 valence electrons. The third-order valence-corrected chi connectivity index (χ3v) is 2.27. The third-order valence-electron chi connectivity index (χ3n) is 2.27. The first-order valence-corrected chi connectivity index (χ1v) is 5.20. The molecule has 1 N–H and O–H groups in total. The number of hydrogen-bond acceptors (Lipinski definition) is 2. The number of nitrogens with one attached hydrogen (secondary N) is 1. The van der Waals surface area contributed by atoms with E-state index in [0.717, 1.165) is 19.5 Å². The van der Waals surface area contributed by atoms with Gasteiger partial charge in [0.05, 0.1) is 0 Å². The van der Waals surface area contributed by atoms with E-state index in [1.165, 1.54) is 13.0 Å². The van der Waals surface area contributed by atoms with Gasteiger partial charge in [-0.2, -0.15) is 0 Å². The molecule has 2 nitrogen and oxygen atoms in total. The van der Waals surface area contributed by atoms with E-state index in [1.54, 1.807) is 0 Å². The van der Waals surface area contributed by atoms with Crippen molar-refractivity contribution in [1.29, 1.82) is 0 Å². The summed E-state index contributed by atoms with van der Waals surface area (Å²) in [6.07, 6.45) is 4.25. The van der Waals surface area contributed by atoms with Crippen LogP contribution in [0.15, 0.2) is 12.7 Å². The zero-order valence-corrected chi connectivity index (χ0v) is 9.34. The van der Waals surface area contributed by atoms with Crippen LogP contribution in [-0.2, 0) is 0 Å². The summed E-state index contributed by atoms with van der Waals surface area (Å²) in [4.78, 5) is 2.37. The van der Waals surface area contributed by atoms with Crippen molar-refractivity contribution in [3.63, 3.8) is 0 Å². The van der Waals surface area contributed by atoms with Gasteiger partial charge in [0.15, 0.2) is 0 Å². The van der Waals surface area contributed by atoms with Crippen molar-refractivity contribution < 1.29 is 0 Å². The highest BCUT2D eigenvalue weighted by Crippen LogP contribution is 1.93. The maximum atomic E-state index is 3.68. The van der Waals surface area contributed by atoms with E-state index >= 15 is 0 Å². The molecule has 0 heterocycles. The van der Waals surface area contributed by atoms with Gasteiger partial charge in [-0.1, -0.05) is 6.08 Å². The van der Waals surface area contributed by atoms with E-state index in [9.17, 15) is 0 Å². The molecule has 0 bridgehead atoms. The lowest BCUT2D eigenvalue weighted by molar-refractivity contribution is 0.269. The molecule has 0 saturated heterocycles. The van der Waals surface area contributed by atoms with Crippen molar-refractivity contribution >= 4 is 0 Å². The highest BCUT2D eigenvalue weighted by Gasteiger charge is 2.00. The van der Waals surface area contributed by atoms with E-state index < -0.39 is 0 Å². The summed E-state index contributed by atoms with van der Waals surface area (Å²) in [5.41, 5.74) is 0. The molecule has 0 atom stereocenters. The van der Waals surface area contributed by atoms with Crippen molar-refractivity contribution in [3.8, 4) is 0 Å². The highest BCUT2D eigenvalue weighted by atomic mass is 15.1. The maximum Gasteiger partial charge on any atom is 0.00355 e. The molecule has 0 radical (unpaired) electrons. The van der Waals surface area contributed by atoms with E-state index in [2.05, 4.69) is 37.7 Å². The van der Waals surface area contributed by atoms with Gasteiger partial charge in [-0.25, -0.2) is 0 Å². The quantitative estimate of drug-likeness (QED) is 0.458. The predicted octanol–water partition coefficient (Wildman–Crippen LogP) is 1.88. The first kappa shape index (κ1) is 12.7. The van der Waals surface area contributed by atoms with Crippen LogP contribution in [0, 0.1) is 0 Å². The molecule has 0 aromatic rings. The van der Waals surface area contributed by atoms with E-state index in [-0.39, 0.29) is 0 Å². The number of nitrogens with zero attached hydrogens (tertiary/aromatic N) is 1. The maximum absolute atomic E-state index is 3.68. The monoisotopic (exact) mass is 184 g/mol. The zero-order chi connectivity index (χ0) is 10.1. The second-order valence-electron chi connectivity index (χ2n) is 3.76. The summed E-state index contributed by atoms with van der Waals surface area (Å²) in [7, 11) is 2.18. The van der Waals surface area contributed by atoms with Gasteiger partial charge in [-0.15, -0.1) is 6.58 Å². The van der Waals surface area contributed by atoms with Crippen LogP contribution in [0.25, 0.3) is 0 Å². The molecule has 0 fully saturated rings. The smallest absolute Gasteiger partial charge is 0.00355 e. The lowest BCUT2D eigenvalue weighted by Crippen LogP contribution is -2.29. The van der Waals surface area contributed by atoms with Gasteiger partial charge in [0.1, 0.15) is 0 Å². The fourth-order valence-corrected chi connectivity index (χ4v) is 1.04. The van der Waals surface area contributed by atoms with Gasteiger partial charge in [0, 0.05) is 6.04 Å². The van der Waals surface area contributed by atoms with E-state index in [1.807, 2.05) is 6.08 Å². The Bertz CT molecular complexity index is 121. The molecule has 0 aliphatic rings. The minimum absolute atomic E-state index is 0.660. The largest absolute Gasteiger partial charge is 0.316 e. The Morgan fingerprint density at radius 2 is 2.08 bits per heavy atom. The van der Waals surface area contributed by atoms with Crippen LogP contribution in [0.1, 0.15) is 26.7 Å². The Hall–Kier alpha value is -0.340. The Kier molecular flexibility index (Phi) is 8.05. The van der Waals surface area contributed by atoms with Crippen LogP contribution in [-0.4, -0.2) is 37.6 Å². The Labute approximate surface area is 83.0 Å². The molecule has 0 aliphatic heterocycles. The van der Waals surface area contributed by atoms with Crippen molar-refractivity contribution in [1.82, 2.24) is 10.2 Å². The molecule has 0 spiro atoms. The van der Waals surface area contributed by atoms with Crippen LogP contribution >= 0.6 is 0 Å². The zero-order valence-electron chi connectivity index (χ0n) is 9.34. The SMILES string of the molecule is C=CCCNCCCN(C)C(C)C. The van der Waals surface area contributed by atoms with Crippen molar-refractivity contribution in [2.45, 2.75) is 32.7 Å². The molecule has 0 aromatic heterocycles. The minimum Gasteiger partial charge on any atom is -0.316 e. The average molecular weight is 184 g/mol. The Morgan fingerprint density at radius 3 is 2.62 bits per heavy atom. The molecular weight excluding hydrogens is 160 g/mol. The predicted molar refractivity (Wildman–Crippen MR) is 60.1 cm³/mol. The molecule has 0 amide bonds. The molecule has 0 aromatic carbocycles. The number of hydrogen-bond donors (Lipinski definition) is 1. The summed E-state index contributed by atoms with van der Waals surface area (Å²) < 4.78 is 0. The van der Waals surface area contributed by atoms with Crippen molar-refractivity contribution in [2.75, 3.05) is 26.7 Å². The topological polar surface area (TPSA) is 15.3 Å². The van der Waals surface area contributed by atoms with Gasteiger partial charge < -0.3 is 10.2 Å². The van der Waals surface area contributed by atoms with Crippen LogP contribution in [0.4, 0.5) is 0 Å². The first-order valence-electron chi connectivity index (χ1n) is 5.20. The third kappa shape index (κ3) is 8.00. The number of rotatable bonds is 8. The molecule has 0 saturated carbocycles. The van der Waals surface area contributed by atoms with Crippen molar-refractivity contribution in [2.24, 2.45) is 0 Å². The fourth-order valence-electron chi connectivity index (χ4n) is 1.04. The van der Waals surface area contributed by atoms with Gasteiger partial charge in [-0.3, -0.25) is 0 Å². The molecule has 13 heavy (non-hydrogen) atoms. The van der Waals surface area contributed by atoms with Crippen LogP contribution in [0.3, 0.4) is 0 Å². The normalized spacial score (nSPS) is 11.2. The summed E-state index contributed by atoms with van der Waals surface area (Å²) in [5.74, 6) is 0. The Morgan fingerprint density at radius 1 is 1.38 bits per heavy atom. The second-order valence-corrected chi connectivity index (χ2v) is 3.76. The lowest BCUT2D eigenvalue weighted by atomic mass is 10.3. The summed E-state index contributed by atoms with van der Waals surface area (Å²) in [6, 6.07) is 0.660. The summed E-state index contributed by atoms with van der Waals surface area (Å²) in [6.45, 7) is 11.5. The van der Waals surface area contributed by atoms with Gasteiger partial charge >= 0.3 is 0 Å². The Balaban J connectivity index is 3.11. The first-order chi connectivity index (χ1) is 6.18. The minimum atomic E-state index is 0.660. The van der Waals surface area contributed by atoms with Crippen LogP contribution in [0.5, 0.6) is 0 Å². The molecular formula is C11H24N2. The second kappa shape index (κ2) is 8.27. The van der Waals surface area contributed by atoms with E-state index in [4.69, 9.17) is 0 Å².